The van der Waals surface area contributed by atoms with E-state index in [1.54, 1.807) is 6.07 Å². The largest absolute Gasteiger partial charge is 0.494 e. The lowest BCUT2D eigenvalue weighted by atomic mass is 10.2. The summed E-state index contributed by atoms with van der Waals surface area (Å²) in [5.74, 6) is 0.843. The van der Waals surface area contributed by atoms with Gasteiger partial charge in [-0.3, -0.25) is 9.27 Å². The molecule has 0 saturated carbocycles. The Morgan fingerprint density at radius 2 is 1.58 bits per heavy atom. The van der Waals surface area contributed by atoms with Crippen molar-refractivity contribution in [3.05, 3.63) is 12.1 Å². The molecule has 0 aromatic heterocycles. The number of hydrogen-bond donors (Lipinski definition) is 2. The SMILES string of the molecule is CCCCN(CCCC)c1cc(OC)c(NS(=O)(=O)O)cc1OC. The van der Waals surface area contributed by atoms with Crippen molar-refractivity contribution < 1.29 is 22.4 Å². The maximum absolute atomic E-state index is 11.1. The third-order valence-electron chi connectivity index (χ3n) is 3.64. The van der Waals surface area contributed by atoms with E-state index in [1.807, 2.05) is 4.72 Å². The van der Waals surface area contributed by atoms with E-state index in [-0.39, 0.29) is 5.69 Å². The van der Waals surface area contributed by atoms with E-state index in [9.17, 15) is 8.42 Å². The smallest absolute Gasteiger partial charge is 0.357 e. The maximum atomic E-state index is 11.1. The van der Waals surface area contributed by atoms with Gasteiger partial charge < -0.3 is 14.4 Å². The van der Waals surface area contributed by atoms with Gasteiger partial charge in [0.2, 0.25) is 0 Å². The van der Waals surface area contributed by atoms with Gasteiger partial charge in [-0.25, -0.2) is 0 Å². The maximum Gasteiger partial charge on any atom is 0.357 e. The molecule has 24 heavy (non-hydrogen) atoms. The van der Waals surface area contributed by atoms with Crippen molar-refractivity contribution in [3.8, 4) is 11.5 Å². The highest BCUT2D eigenvalue weighted by atomic mass is 32.2. The van der Waals surface area contributed by atoms with Crippen LogP contribution in [0.25, 0.3) is 0 Å². The van der Waals surface area contributed by atoms with Gasteiger partial charge in [0.15, 0.2) is 0 Å². The molecule has 7 nitrogen and oxygen atoms in total. The van der Waals surface area contributed by atoms with Gasteiger partial charge in [0.1, 0.15) is 11.5 Å². The van der Waals surface area contributed by atoms with E-state index in [0.717, 1.165) is 44.5 Å². The molecule has 0 unspecified atom stereocenters. The Labute approximate surface area is 144 Å². The van der Waals surface area contributed by atoms with Gasteiger partial charge in [-0.15, -0.1) is 0 Å². The molecule has 0 spiro atoms. The Balaban J connectivity index is 3.28. The summed E-state index contributed by atoms with van der Waals surface area (Å²) in [5, 5.41) is 0. The summed E-state index contributed by atoms with van der Waals surface area (Å²) in [6, 6.07) is 3.25. The average Bonchev–Trinajstić information content (AvgIpc) is 2.53. The highest BCUT2D eigenvalue weighted by Gasteiger charge is 2.18. The van der Waals surface area contributed by atoms with Crippen LogP contribution in [0.4, 0.5) is 11.4 Å². The number of nitrogens with one attached hydrogen (secondary N) is 1. The molecular formula is C16H28N2O5S. The highest BCUT2D eigenvalue weighted by molar-refractivity contribution is 7.87. The van der Waals surface area contributed by atoms with Crippen LogP contribution >= 0.6 is 0 Å². The quantitative estimate of drug-likeness (QED) is 0.589. The molecule has 0 radical (unpaired) electrons. The van der Waals surface area contributed by atoms with Crippen LogP contribution in [-0.2, 0) is 10.3 Å². The molecule has 8 heteroatoms. The molecular weight excluding hydrogens is 332 g/mol. The van der Waals surface area contributed by atoms with Crippen LogP contribution in [-0.4, -0.2) is 40.3 Å². The molecule has 0 aliphatic rings. The third-order valence-corrected chi connectivity index (χ3v) is 4.12. The predicted molar refractivity (Wildman–Crippen MR) is 96.7 cm³/mol. The molecule has 0 bridgehead atoms. The van der Waals surface area contributed by atoms with Gasteiger partial charge in [0.25, 0.3) is 0 Å². The first-order chi connectivity index (χ1) is 11.4. The van der Waals surface area contributed by atoms with E-state index in [0.29, 0.717) is 11.5 Å². The number of anilines is 2. The molecule has 0 atom stereocenters. The standard InChI is InChI=1S/C16H28N2O5S/c1-5-7-9-18(10-8-6-2)14-12-15(22-3)13(11-16(14)23-4)17-24(19,20)21/h11-12,17H,5-10H2,1-4H3,(H,19,20,21). The second kappa shape index (κ2) is 9.58. The summed E-state index contributed by atoms with van der Waals surface area (Å²) in [7, 11) is -1.42. The monoisotopic (exact) mass is 360 g/mol. The number of unbranched alkanes of at least 4 members (excludes halogenated alkanes) is 2. The Morgan fingerprint density at radius 3 is 2.00 bits per heavy atom. The summed E-state index contributed by atoms with van der Waals surface area (Å²) in [6.45, 7) is 6.02. The van der Waals surface area contributed by atoms with E-state index in [4.69, 9.17) is 14.0 Å². The van der Waals surface area contributed by atoms with Gasteiger partial charge in [-0.05, 0) is 12.8 Å². The van der Waals surface area contributed by atoms with Crippen LogP contribution in [0.5, 0.6) is 11.5 Å². The van der Waals surface area contributed by atoms with Gasteiger partial charge in [-0.2, -0.15) is 8.42 Å². The van der Waals surface area contributed by atoms with E-state index in [1.165, 1.54) is 20.3 Å². The molecule has 0 heterocycles. The summed E-state index contributed by atoms with van der Waals surface area (Å²) in [4.78, 5) is 2.21. The van der Waals surface area contributed by atoms with Crippen molar-refractivity contribution in [3.63, 3.8) is 0 Å². The highest BCUT2D eigenvalue weighted by Crippen LogP contribution is 2.39. The number of rotatable bonds is 11. The molecule has 0 saturated heterocycles. The number of methoxy groups -OCH3 is 2. The van der Waals surface area contributed by atoms with Crippen molar-refractivity contribution >= 4 is 21.7 Å². The topological polar surface area (TPSA) is 88.1 Å². The zero-order valence-electron chi connectivity index (χ0n) is 14.8. The molecule has 1 aromatic rings. The number of nitrogens with zero attached hydrogens (tertiary/aromatic N) is 1. The minimum absolute atomic E-state index is 0.131. The first-order valence-electron chi connectivity index (χ1n) is 8.12. The molecule has 1 rings (SSSR count). The first kappa shape index (κ1) is 20.4. The summed E-state index contributed by atoms with van der Waals surface area (Å²) in [6.07, 6.45) is 4.23. The lowest BCUT2D eigenvalue weighted by Crippen LogP contribution is -2.26. The van der Waals surface area contributed by atoms with Crippen LogP contribution < -0.4 is 19.1 Å². The molecule has 0 fully saturated rings. The molecule has 1 aromatic carbocycles. The van der Waals surface area contributed by atoms with E-state index in [2.05, 4.69) is 18.7 Å². The van der Waals surface area contributed by atoms with Crippen molar-refractivity contribution in [1.29, 1.82) is 0 Å². The second-order valence-electron chi connectivity index (χ2n) is 5.50. The first-order valence-corrected chi connectivity index (χ1v) is 9.56. The Hall–Kier alpha value is -1.67. The lowest BCUT2D eigenvalue weighted by molar-refractivity contribution is 0.404. The van der Waals surface area contributed by atoms with Crippen molar-refractivity contribution in [2.45, 2.75) is 39.5 Å². The fourth-order valence-electron chi connectivity index (χ4n) is 2.40. The minimum Gasteiger partial charge on any atom is -0.494 e. The van der Waals surface area contributed by atoms with Crippen molar-refractivity contribution in [2.24, 2.45) is 0 Å². The van der Waals surface area contributed by atoms with Gasteiger partial charge >= 0.3 is 10.3 Å². The number of hydrogen-bond acceptors (Lipinski definition) is 5. The lowest BCUT2D eigenvalue weighted by Gasteiger charge is -2.27. The molecule has 0 aliphatic heterocycles. The van der Waals surface area contributed by atoms with Gasteiger partial charge in [0, 0.05) is 25.2 Å². The van der Waals surface area contributed by atoms with E-state index < -0.39 is 10.3 Å². The van der Waals surface area contributed by atoms with Crippen LogP contribution in [0.3, 0.4) is 0 Å². The normalized spacial score (nSPS) is 11.2. The summed E-state index contributed by atoms with van der Waals surface area (Å²) < 4.78 is 44.0. The zero-order chi connectivity index (χ0) is 18.2. The summed E-state index contributed by atoms with van der Waals surface area (Å²) >= 11 is 0. The predicted octanol–water partition coefficient (Wildman–Crippen LogP) is 3.33. The Kier molecular flexibility index (Phi) is 8.14. The Bertz CT molecular complexity index is 611. The number of ether oxygens (including phenoxy) is 2. The van der Waals surface area contributed by atoms with Crippen molar-refractivity contribution in [2.75, 3.05) is 36.9 Å². The molecule has 0 amide bonds. The molecule has 138 valence electrons. The fraction of sp³-hybridized carbons (Fsp3) is 0.625. The van der Waals surface area contributed by atoms with Crippen LogP contribution in [0.1, 0.15) is 39.5 Å². The van der Waals surface area contributed by atoms with E-state index >= 15 is 0 Å². The van der Waals surface area contributed by atoms with Gasteiger partial charge in [-0.1, -0.05) is 26.7 Å². The fourth-order valence-corrected chi connectivity index (χ4v) is 2.84. The van der Waals surface area contributed by atoms with Gasteiger partial charge in [0.05, 0.1) is 25.6 Å². The summed E-state index contributed by atoms with van der Waals surface area (Å²) in [5.41, 5.74) is 0.976. The third kappa shape index (κ3) is 6.09. The Morgan fingerprint density at radius 1 is 1.04 bits per heavy atom. The minimum atomic E-state index is -4.40. The average molecular weight is 360 g/mol. The van der Waals surface area contributed by atoms with Crippen LogP contribution in [0.15, 0.2) is 12.1 Å². The van der Waals surface area contributed by atoms with Crippen LogP contribution in [0.2, 0.25) is 0 Å². The molecule has 0 aliphatic carbocycles. The van der Waals surface area contributed by atoms with Crippen LogP contribution in [0, 0.1) is 0 Å². The molecule has 2 N–H and O–H groups in total. The second-order valence-corrected chi connectivity index (χ2v) is 6.65. The number of benzene rings is 1. The van der Waals surface area contributed by atoms with Crippen molar-refractivity contribution in [1.82, 2.24) is 0 Å². The zero-order valence-corrected chi connectivity index (χ0v) is 15.6.